The third-order valence-electron chi connectivity index (χ3n) is 16.6. The molecule has 0 amide bonds. The number of halogens is 2. The fraction of sp³-hybridized carbons (Fsp3) is 0.481. The Labute approximate surface area is 375 Å². The van der Waals surface area contributed by atoms with E-state index in [-0.39, 0.29) is 7.25 Å². The Balaban J connectivity index is 1.35. The summed E-state index contributed by atoms with van der Waals surface area (Å²) >= 11 is -5.08. The van der Waals surface area contributed by atoms with Crippen molar-refractivity contribution in [3.05, 3.63) is 118 Å². The third-order valence-corrected chi connectivity index (χ3v) is 72.6. The first-order chi connectivity index (χ1) is 28.3. The molecule has 0 heterocycles. The van der Waals surface area contributed by atoms with Gasteiger partial charge in [-0.3, -0.25) is 0 Å². The van der Waals surface area contributed by atoms with Crippen LogP contribution in [0.5, 0.6) is 0 Å². The Bertz CT molecular complexity index is 2140. The summed E-state index contributed by atoms with van der Waals surface area (Å²) < 4.78 is 0.226. The molecule has 0 aliphatic heterocycles. The molecule has 4 aromatic rings. The molecule has 4 aromatic carbocycles. The second-order valence-electron chi connectivity index (χ2n) is 22.4. The zero-order valence-electron chi connectivity index (χ0n) is 38.7. The fourth-order valence-corrected chi connectivity index (χ4v) is 46.2. The van der Waals surface area contributed by atoms with Gasteiger partial charge in [-0.15, -0.1) is 0 Å². The zero-order chi connectivity index (χ0) is 42.9. The van der Waals surface area contributed by atoms with E-state index >= 15 is 0 Å². The van der Waals surface area contributed by atoms with E-state index < -0.39 is 37.6 Å². The summed E-state index contributed by atoms with van der Waals surface area (Å²) in [6.07, 6.45) is 20.7. The van der Waals surface area contributed by atoms with Crippen LogP contribution in [-0.2, 0) is 15.6 Å². The van der Waals surface area contributed by atoms with Crippen molar-refractivity contribution in [2.75, 3.05) is 0 Å². The van der Waals surface area contributed by atoms with Gasteiger partial charge in [-0.1, -0.05) is 0 Å². The Morgan fingerprint density at radius 3 is 1.20 bits per heavy atom. The van der Waals surface area contributed by atoms with Crippen molar-refractivity contribution in [3.63, 3.8) is 0 Å². The minimum absolute atomic E-state index is 0.113. The van der Waals surface area contributed by atoms with Crippen LogP contribution in [-0.4, -0.2) is 22.1 Å². The van der Waals surface area contributed by atoms with Gasteiger partial charge in [-0.25, -0.2) is 0 Å². The third kappa shape index (κ3) is 7.88. The first kappa shape index (κ1) is 45.1. The van der Waals surface area contributed by atoms with Gasteiger partial charge in [0.05, 0.1) is 0 Å². The van der Waals surface area contributed by atoms with Crippen LogP contribution in [0.25, 0.3) is 34.4 Å². The molecule has 0 radical (unpaired) electrons. The van der Waals surface area contributed by atoms with Gasteiger partial charge in [0, 0.05) is 0 Å². The zero-order valence-corrected chi connectivity index (χ0v) is 45.8. The van der Waals surface area contributed by atoms with E-state index in [2.05, 4.69) is 163 Å². The van der Waals surface area contributed by atoms with Crippen molar-refractivity contribution < 1.29 is 15.6 Å². The van der Waals surface area contributed by atoms with Crippen LogP contribution < -0.4 is 10.4 Å². The van der Waals surface area contributed by atoms with E-state index in [1.165, 1.54) is 119 Å². The average Bonchev–Trinajstić information content (AvgIpc) is 4.03. The SMILES string of the molecule is CCC1(CC2=Cc3c(-c4ccc([Si](C)(C)C)cc4)cccc3[CH]2[Zr]([Cl])([Cl])([CH]2C(CC3(CC)CCCC3)=Cc3c(-c4ccc([Si](C)(C)C)cc4)cccc32)[SiH](C)C)CCCC1. The number of hydrogen-bond donors (Lipinski definition) is 0. The van der Waals surface area contributed by atoms with Crippen molar-refractivity contribution in [1.29, 1.82) is 0 Å². The monoisotopic (exact) mass is 965 g/mol. The van der Waals surface area contributed by atoms with E-state index in [1.807, 2.05) is 0 Å². The first-order valence-electron chi connectivity index (χ1n) is 23.8. The van der Waals surface area contributed by atoms with E-state index in [9.17, 15) is 17.0 Å². The van der Waals surface area contributed by atoms with Crippen LogP contribution in [0.3, 0.4) is 0 Å². The van der Waals surface area contributed by atoms with Crippen LogP contribution >= 0.6 is 17.0 Å². The van der Waals surface area contributed by atoms with E-state index in [0.717, 1.165) is 12.8 Å². The van der Waals surface area contributed by atoms with Gasteiger partial charge < -0.3 is 0 Å². The molecule has 0 spiro atoms. The van der Waals surface area contributed by atoms with Gasteiger partial charge in [0.2, 0.25) is 0 Å². The van der Waals surface area contributed by atoms with Crippen LogP contribution in [0.1, 0.15) is 120 Å². The van der Waals surface area contributed by atoms with E-state index in [1.54, 1.807) is 11.1 Å². The van der Waals surface area contributed by atoms with Gasteiger partial charge in [-0.05, 0) is 0 Å². The van der Waals surface area contributed by atoms with Crippen LogP contribution in [0.15, 0.2) is 96.1 Å². The summed E-state index contributed by atoms with van der Waals surface area (Å²) in [5.74, 6) is -1.74. The Morgan fingerprint density at radius 1 is 0.550 bits per heavy atom. The molecule has 0 N–H and O–H groups in total. The van der Waals surface area contributed by atoms with E-state index in [0.29, 0.717) is 10.8 Å². The molecular formula is C54H73Cl2Si3Zr. The maximum atomic E-state index is 9.24. The summed E-state index contributed by atoms with van der Waals surface area (Å²) in [7, 11) is 15.6. The number of fused-ring (bicyclic) bond motifs is 2. The molecule has 0 nitrogen and oxygen atoms in total. The van der Waals surface area contributed by atoms with Crippen LogP contribution in [0.4, 0.5) is 0 Å². The normalized spacial score (nSPS) is 21.7. The van der Waals surface area contributed by atoms with Gasteiger partial charge in [0.1, 0.15) is 0 Å². The van der Waals surface area contributed by atoms with Gasteiger partial charge in [-0.2, -0.15) is 0 Å². The Hall–Kier alpha value is -1.53. The van der Waals surface area contributed by atoms with Crippen molar-refractivity contribution in [1.82, 2.24) is 0 Å². The molecule has 0 bridgehead atoms. The molecular weight excluding hydrogens is 895 g/mol. The molecule has 2 fully saturated rings. The molecule has 2 unspecified atom stereocenters. The predicted octanol–water partition coefficient (Wildman–Crippen LogP) is 16.4. The maximum absolute atomic E-state index is 9.24. The second kappa shape index (κ2) is 16.5. The van der Waals surface area contributed by atoms with Gasteiger partial charge >= 0.3 is 379 Å². The molecule has 0 saturated heterocycles. The molecule has 8 rings (SSSR count). The summed E-state index contributed by atoms with van der Waals surface area (Å²) in [6.45, 7) is 24.7. The minimum atomic E-state index is -5.08. The number of allylic oxidation sites excluding steroid dienone is 2. The Morgan fingerprint density at radius 2 is 0.900 bits per heavy atom. The standard InChI is InChI=1S/2C26H33Si.C2H7Si.2ClH.Zr/c2*1-5-26(15-6-7-16-26)19-20-17-22-9-8-10-24(25(22)18-20)21-11-13-23(14-12-21)27(2,3)4;1-3-2;;;/h2*8-14,17-18H,5-7,15-16,19H2,1-4H3;3H,1-2H3;2*1H;/q;;;;;+2/p-2. The number of benzene rings is 4. The topological polar surface area (TPSA) is 0 Å². The van der Waals surface area contributed by atoms with Crippen molar-refractivity contribution in [3.8, 4) is 22.3 Å². The van der Waals surface area contributed by atoms with Crippen LogP contribution in [0, 0.1) is 10.8 Å². The first-order valence-corrected chi connectivity index (χ1v) is 47.1. The van der Waals surface area contributed by atoms with Crippen LogP contribution in [0.2, 0.25) is 52.4 Å². The predicted molar refractivity (Wildman–Crippen MR) is 273 cm³/mol. The fourth-order valence-electron chi connectivity index (χ4n) is 12.6. The van der Waals surface area contributed by atoms with E-state index in [4.69, 9.17) is 0 Å². The molecule has 2 atom stereocenters. The van der Waals surface area contributed by atoms with Crippen molar-refractivity contribution in [2.45, 2.75) is 151 Å². The number of hydrogen-bond acceptors (Lipinski definition) is 0. The molecule has 60 heavy (non-hydrogen) atoms. The molecule has 2 saturated carbocycles. The second-order valence-corrected chi connectivity index (χ2v) is 75.1. The van der Waals surface area contributed by atoms with Gasteiger partial charge in [0.15, 0.2) is 0 Å². The number of rotatable bonds is 13. The molecule has 4 aliphatic rings. The molecule has 0 aromatic heterocycles. The molecule has 4 aliphatic carbocycles. The molecule has 6 heteroatoms. The average molecular weight is 969 g/mol. The Kier molecular flexibility index (Phi) is 12.4. The summed E-state index contributed by atoms with van der Waals surface area (Å²) in [6, 6.07) is 33.6. The molecule has 319 valence electrons. The van der Waals surface area contributed by atoms with Crippen molar-refractivity contribution in [2.24, 2.45) is 10.8 Å². The van der Waals surface area contributed by atoms with Gasteiger partial charge in [0.25, 0.3) is 0 Å². The van der Waals surface area contributed by atoms with Crippen molar-refractivity contribution >= 4 is 61.6 Å². The quantitative estimate of drug-likeness (QED) is 0.117. The summed E-state index contributed by atoms with van der Waals surface area (Å²) in [5, 5.41) is 3.02. The summed E-state index contributed by atoms with van der Waals surface area (Å²) in [4.78, 5) is 0. The summed E-state index contributed by atoms with van der Waals surface area (Å²) in [5.41, 5.74) is 14.8.